The number of amides is 1. The lowest BCUT2D eigenvalue weighted by atomic mass is 10.0. The van der Waals surface area contributed by atoms with Crippen LogP contribution in [0.2, 0.25) is 0 Å². The smallest absolute Gasteiger partial charge is 0.237 e. The second-order valence-corrected chi connectivity index (χ2v) is 5.15. The molecule has 0 heterocycles. The molecule has 18 heavy (non-hydrogen) atoms. The summed E-state index contributed by atoms with van der Waals surface area (Å²) in [6, 6.07) is 7.85. The van der Waals surface area contributed by atoms with E-state index >= 15 is 0 Å². The third-order valence-corrected chi connectivity index (χ3v) is 3.23. The molecule has 0 radical (unpaired) electrons. The van der Waals surface area contributed by atoms with Crippen molar-refractivity contribution in [1.82, 2.24) is 5.32 Å². The highest BCUT2D eigenvalue weighted by Crippen LogP contribution is 2.17. The van der Waals surface area contributed by atoms with Crippen LogP contribution in [0.25, 0.3) is 0 Å². The lowest BCUT2D eigenvalue weighted by molar-refractivity contribution is -0.124. The zero-order valence-electron chi connectivity index (χ0n) is 11.7. The van der Waals surface area contributed by atoms with E-state index in [-0.39, 0.29) is 17.9 Å². The molecular formula is C15H24N2O. The first-order valence-corrected chi connectivity index (χ1v) is 6.58. The van der Waals surface area contributed by atoms with Gasteiger partial charge < -0.3 is 11.1 Å². The number of hydrogen-bond acceptors (Lipinski definition) is 2. The van der Waals surface area contributed by atoms with Crippen LogP contribution < -0.4 is 11.1 Å². The van der Waals surface area contributed by atoms with Gasteiger partial charge in [-0.1, -0.05) is 50.6 Å². The van der Waals surface area contributed by atoms with Crippen LogP contribution in [-0.2, 0) is 4.79 Å². The van der Waals surface area contributed by atoms with Crippen molar-refractivity contribution in [3.63, 3.8) is 0 Å². The molecule has 1 aromatic rings. The van der Waals surface area contributed by atoms with Crippen molar-refractivity contribution in [3.05, 3.63) is 35.4 Å². The molecule has 1 aromatic carbocycles. The molecule has 2 atom stereocenters. The van der Waals surface area contributed by atoms with Crippen LogP contribution in [0.3, 0.4) is 0 Å². The monoisotopic (exact) mass is 248 g/mol. The van der Waals surface area contributed by atoms with Gasteiger partial charge in [0.05, 0.1) is 12.1 Å². The summed E-state index contributed by atoms with van der Waals surface area (Å²) >= 11 is 0. The van der Waals surface area contributed by atoms with Crippen LogP contribution in [0.15, 0.2) is 24.3 Å². The van der Waals surface area contributed by atoms with Gasteiger partial charge in [-0.05, 0) is 24.8 Å². The predicted octanol–water partition coefficient (Wildman–Crippen LogP) is 2.55. The van der Waals surface area contributed by atoms with E-state index in [9.17, 15) is 4.79 Å². The summed E-state index contributed by atoms with van der Waals surface area (Å²) < 4.78 is 0. The summed E-state index contributed by atoms with van der Waals surface area (Å²) in [6.45, 7) is 8.03. The quantitative estimate of drug-likeness (QED) is 0.841. The number of aryl methyl sites for hydroxylation is 1. The summed E-state index contributed by atoms with van der Waals surface area (Å²) in [5.41, 5.74) is 8.21. The minimum Gasteiger partial charge on any atom is -0.348 e. The number of nitrogens with one attached hydrogen (secondary N) is 1. The van der Waals surface area contributed by atoms with E-state index in [1.54, 1.807) is 0 Å². The average molecular weight is 248 g/mol. The number of hydrogen-bond donors (Lipinski definition) is 2. The molecule has 1 unspecified atom stereocenters. The van der Waals surface area contributed by atoms with E-state index in [4.69, 9.17) is 5.73 Å². The van der Waals surface area contributed by atoms with Crippen LogP contribution in [0, 0.1) is 12.8 Å². The van der Waals surface area contributed by atoms with Gasteiger partial charge in [0.15, 0.2) is 0 Å². The predicted molar refractivity (Wildman–Crippen MR) is 75.2 cm³/mol. The fourth-order valence-electron chi connectivity index (χ4n) is 1.79. The molecule has 3 heteroatoms. The van der Waals surface area contributed by atoms with E-state index in [2.05, 4.69) is 43.4 Å². The Hall–Kier alpha value is -1.35. The number of carbonyl (C=O) groups is 1. The second-order valence-electron chi connectivity index (χ2n) is 5.15. The van der Waals surface area contributed by atoms with Gasteiger partial charge in [-0.2, -0.15) is 0 Å². The molecule has 0 saturated carbocycles. The van der Waals surface area contributed by atoms with Gasteiger partial charge in [0.2, 0.25) is 5.91 Å². The van der Waals surface area contributed by atoms with E-state index in [1.807, 2.05) is 13.8 Å². The van der Waals surface area contributed by atoms with Gasteiger partial charge in [-0.15, -0.1) is 0 Å². The van der Waals surface area contributed by atoms with E-state index in [0.29, 0.717) is 0 Å². The van der Waals surface area contributed by atoms with Gasteiger partial charge in [0.1, 0.15) is 0 Å². The first-order chi connectivity index (χ1) is 8.45. The largest absolute Gasteiger partial charge is 0.348 e. The summed E-state index contributed by atoms with van der Waals surface area (Å²) in [4.78, 5) is 12.0. The fourth-order valence-corrected chi connectivity index (χ4v) is 1.79. The molecule has 3 nitrogen and oxygen atoms in total. The van der Waals surface area contributed by atoms with Crippen molar-refractivity contribution in [3.8, 4) is 0 Å². The highest BCUT2D eigenvalue weighted by Gasteiger charge is 2.20. The molecule has 1 rings (SSSR count). The topological polar surface area (TPSA) is 55.1 Å². The first kappa shape index (κ1) is 14.7. The van der Waals surface area contributed by atoms with Gasteiger partial charge in [-0.3, -0.25) is 4.79 Å². The van der Waals surface area contributed by atoms with Crippen molar-refractivity contribution in [2.24, 2.45) is 11.7 Å². The molecule has 0 aromatic heterocycles. The maximum Gasteiger partial charge on any atom is 0.237 e. The van der Waals surface area contributed by atoms with Gasteiger partial charge >= 0.3 is 0 Å². The zero-order chi connectivity index (χ0) is 13.7. The molecule has 0 aliphatic rings. The maximum atomic E-state index is 12.0. The highest BCUT2D eigenvalue weighted by molar-refractivity contribution is 5.82. The summed E-state index contributed by atoms with van der Waals surface area (Å²) in [7, 11) is 0. The Balaban J connectivity index is 2.73. The normalized spacial score (nSPS) is 14.3. The highest BCUT2D eigenvalue weighted by atomic mass is 16.2. The molecule has 0 saturated heterocycles. The fraction of sp³-hybridized carbons (Fsp3) is 0.533. The van der Waals surface area contributed by atoms with E-state index < -0.39 is 6.04 Å². The van der Waals surface area contributed by atoms with Crippen molar-refractivity contribution < 1.29 is 4.79 Å². The van der Waals surface area contributed by atoms with Crippen LogP contribution in [0.1, 0.15) is 44.4 Å². The Kier molecular flexibility index (Phi) is 5.35. The molecule has 0 aliphatic heterocycles. The Morgan fingerprint density at radius 2 is 1.83 bits per heavy atom. The number of carbonyl (C=O) groups excluding carboxylic acids is 1. The molecule has 3 N–H and O–H groups in total. The van der Waals surface area contributed by atoms with Crippen molar-refractivity contribution in [1.29, 1.82) is 0 Å². The molecule has 0 bridgehead atoms. The number of nitrogens with two attached hydrogens (primary N) is 1. The Bertz CT molecular complexity index is 384. The number of rotatable bonds is 5. The minimum atomic E-state index is -0.440. The third-order valence-electron chi connectivity index (χ3n) is 3.23. The standard InChI is InChI=1S/C15H24N2O/c1-5-13(12-8-6-11(4)7-9-12)17-15(18)14(16)10(2)3/h6-10,13-14H,5,16H2,1-4H3,(H,17,18)/t13?,14-/m1/s1. The number of benzene rings is 1. The van der Waals surface area contributed by atoms with Gasteiger partial charge in [0, 0.05) is 0 Å². The van der Waals surface area contributed by atoms with Crippen LogP contribution >= 0.6 is 0 Å². The van der Waals surface area contributed by atoms with Crippen molar-refractivity contribution in [2.75, 3.05) is 0 Å². The Morgan fingerprint density at radius 3 is 2.28 bits per heavy atom. The third kappa shape index (κ3) is 3.84. The molecule has 0 spiro atoms. The van der Waals surface area contributed by atoms with Gasteiger partial charge in [0.25, 0.3) is 0 Å². The van der Waals surface area contributed by atoms with Crippen LogP contribution in [0.5, 0.6) is 0 Å². The van der Waals surface area contributed by atoms with Crippen LogP contribution in [0.4, 0.5) is 0 Å². The summed E-state index contributed by atoms with van der Waals surface area (Å²) in [5, 5.41) is 3.02. The summed E-state index contributed by atoms with van der Waals surface area (Å²) in [5.74, 6) is 0.0814. The lowest BCUT2D eigenvalue weighted by Gasteiger charge is -2.22. The van der Waals surface area contributed by atoms with E-state index in [1.165, 1.54) is 5.56 Å². The Morgan fingerprint density at radius 1 is 1.28 bits per heavy atom. The lowest BCUT2D eigenvalue weighted by Crippen LogP contribution is -2.45. The second kappa shape index (κ2) is 6.55. The van der Waals surface area contributed by atoms with Gasteiger partial charge in [-0.25, -0.2) is 0 Å². The molecule has 100 valence electrons. The zero-order valence-corrected chi connectivity index (χ0v) is 11.7. The van der Waals surface area contributed by atoms with E-state index in [0.717, 1.165) is 12.0 Å². The summed E-state index contributed by atoms with van der Waals surface area (Å²) in [6.07, 6.45) is 0.861. The average Bonchev–Trinajstić information content (AvgIpc) is 2.35. The SMILES string of the molecule is CCC(NC(=O)[C@H](N)C(C)C)c1ccc(C)cc1. The maximum absolute atomic E-state index is 12.0. The molecular weight excluding hydrogens is 224 g/mol. The van der Waals surface area contributed by atoms with Crippen molar-refractivity contribution in [2.45, 2.75) is 46.2 Å². The Labute approximate surface area is 110 Å². The van der Waals surface area contributed by atoms with Crippen LogP contribution in [-0.4, -0.2) is 11.9 Å². The molecule has 1 amide bonds. The molecule has 0 fully saturated rings. The van der Waals surface area contributed by atoms with Crippen molar-refractivity contribution >= 4 is 5.91 Å². The minimum absolute atomic E-state index is 0.0444. The molecule has 0 aliphatic carbocycles. The first-order valence-electron chi connectivity index (χ1n) is 6.58.